The van der Waals surface area contributed by atoms with Crippen molar-refractivity contribution in [2.24, 2.45) is 7.05 Å². The highest BCUT2D eigenvalue weighted by atomic mass is 35.5. The molecule has 29 heavy (non-hydrogen) atoms. The lowest BCUT2D eigenvalue weighted by atomic mass is 9.95. The Kier molecular flexibility index (Phi) is 4.17. The maximum absolute atomic E-state index is 13.1. The van der Waals surface area contributed by atoms with Gasteiger partial charge in [0.25, 0.3) is 5.91 Å². The van der Waals surface area contributed by atoms with E-state index >= 15 is 0 Å². The summed E-state index contributed by atoms with van der Waals surface area (Å²) < 4.78 is 7.62. The van der Waals surface area contributed by atoms with E-state index in [1.165, 1.54) is 0 Å². The highest BCUT2D eigenvalue weighted by Crippen LogP contribution is 2.36. The number of halogens is 1. The zero-order valence-electron chi connectivity index (χ0n) is 16.1. The molecule has 0 N–H and O–H groups in total. The third-order valence-electron chi connectivity index (χ3n) is 5.50. The van der Waals surface area contributed by atoms with Crippen LogP contribution in [0.3, 0.4) is 0 Å². The number of carbonyl (C=O) groups is 1. The van der Waals surface area contributed by atoms with E-state index in [0.29, 0.717) is 28.4 Å². The lowest BCUT2D eigenvalue weighted by molar-refractivity contribution is 0.0643. The summed E-state index contributed by atoms with van der Waals surface area (Å²) in [4.78, 5) is 19.2. The van der Waals surface area contributed by atoms with Crippen molar-refractivity contribution in [3.05, 3.63) is 70.7 Å². The number of hydrogen-bond acceptors (Lipinski definition) is 4. The Morgan fingerprint density at radius 3 is 2.90 bits per heavy atom. The first-order chi connectivity index (χ1) is 14.0. The van der Waals surface area contributed by atoms with Crippen LogP contribution in [0, 0.1) is 0 Å². The largest absolute Gasteiger partial charge is 0.449 e. The minimum atomic E-state index is -0.161. The van der Waals surface area contributed by atoms with Crippen LogP contribution in [-0.4, -0.2) is 32.1 Å². The Bertz CT molecular complexity index is 1210. The van der Waals surface area contributed by atoms with Crippen LogP contribution in [0.4, 0.5) is 0 Å². The summed E-state index contributed by atoms with van der Waals surface area (Å²) in [7, 11) is 1.93. The molecule has 1 amide bonds. The molecule has 1 aliphatic heterocycles. The van der Waals surface area contributed by atoms with Crippen molar-refractivity contribution in [1.82, 2.24) is 19.7 Å². The van der Waals surface area contributed by atoms with Gasteiger partial charge >= 0.3 is 0 Å². The fourth-order valence-electron chi connectivity index (χ4n) is 4.14. The molecule has 0 spiro atoms. The summed E-state index contributed by atoms with van der Waals surface area (Å²) in [5.74, 6) is 0.163. The maximum atomic E-state index is 13.1. The third-order valence-corrected chi connectivity index (χ3v) is 5.73. The van der Waals surface area contributed by atoms with E-state index in [1.54, 1.807) is 18.3 Å². The van der Waals surface area contributed by atoms with Crippen LogP contribution in [0.25, 0.3) is 22.4 Å². The summed E-state index contributed by atoms with van der Waals surface area (Å²) in [5, 5.41) is 5.44. The van der Waals surface area contributed by atoms with Crippen molar-refractivity contribution in [3.63, 3.8) is 0 Å². The highest BCUT2D eigenvalue weighted by molar-refractivity contribution is 6.30. The standard InChI is InChI=1S/C22H19ClN4O2/c1-13-20-16(21(26(2)25-20)14-5-3-6-15(23)11-14)8-10-27(13)22(28)19-12-17-18(29-19)7-4-9-24-17/h3-7,9,11-13H,8,10H2,1-2H3/t13-/m0/s1. The smallest absolute Gasteiger partial charge is 0.290 e. The first-order valence-electron chi connectivity index (χ1n) is 9.50. The minimum Gasteiger partial charge on any atom is -0.449 e. The second kappa shape index (κ2) is 6.74. The van der Waals surface area contributed by atoms with Gasteiger partial charge in [0.2, 0.25) is 0 Å². The Labute approximate surface area is 172 Å². The Morgan fingerprint density at radius 1 is 1.24 bits per heavy atom. The molecule has 0 radical (unpaired) electrons. The summed E-state index contributed by atoms with van der Waals surface area (Å²) in [6, 6.07) is 12.9. The molecule has 4 heterocycles. The molecule has 1 aromatic carbocycles. The van der Waals surface area contributed by atoms with Crippen molar-refractivity contribution >= 4 is 28.6 Å². The Hall–Kier alpha value is -3.12. The number of benzene rings is 1. The second-order valence-electron chi connectivity index (χ2n) is 7.27. The van der Waals surface area contributed by atoms with Gasteiger partial charge < -0.3 is 9.32 Å². The molecular formula is C22H19ClN4O2. The van der Waals surface area contributed by atoms with Gasteiger partial charge in [-0.15, -0.1) is 0 Å². The van der Waals surface area contributed by atoms with Gasteiger partial charge in [0.1, 0.15) is 5.52 Å². The van der Waals surface area contributed by atoms with E-state index in [4.69, 9.17) is 21.1 Å². The normalized spacial score (nSPS) is 16.2. The predicted molar refractivity (Wildman–Crippen MR) is 111 cm³/mol. The molecule has 0 saturated heterocycles. The molecule has 0 aliphatic carbocycles. The van der Waals surface area contributed by atoms with Crippen LogP contribution in [-0.2, 0) is 13.5 Å². The summed E-state index contributed by atoms with van der Waals surface area (Å²) in [5.41, 5.74) is 5.46. The first-order valence-corrected chi connectivity index (χ1v) is 9.88. The van der Waals surface area contributed by atoms with Gasteiger partial charge in [0, 0.05) is 42.0 Å². The molecule has 1 aliphatic rings. The highest BCUT2D eigenvalue weighted by Gasteiger charge is 2.34. The molecule has 1 atom stereocenters. The van der Waals surface area contributed by atoms with E-state index in [9.17, 15) is 4.79 Å². The van der Waals surface area contributed by atoms with E-state index < -0.39 is 0 Å². The van der Waals surface area contributed by atoms with Gasteiger partial charge in [-0.2, -0.15) is 5.10 Å². The topological polar surface area (TPSA) is 64.2 Å². The number of aryl methyl sites for hydroxylation is 1. The number of rotatable bonds is 2. The second-order valence-corrected chi connectivity index (χ2v) is 7.70. The zero-order valence-corrected chi connectivity index (χ0v) is 16.8. The van der Waals surface area contributed by atoms with E-state index in [2.05, 4.69) is 4.98 Å². The van der Waals surface area contributed by atoms with Crippen LogP contribution in [0.15, 0.2) is 53.1 Å². The zero-order chi connectivity index (χ0) is 20.1. The Balaban J connectivity index is 1.50. The number of pyridine rings is 1. The van der Waals surface area contributed by atoms with Crippen molar-refractivity contribution in [1.29, 1.82) is 0 Å². The van der Waals surface area contributed by atoms with E-state index in [-0.39, 0.29) is 11.9 Å². The number of furan rings is 1. The molecule has 4 aromatic rings. The predicted octanol–water partition coefficient (Wildman–Crippen LogP) is 4.64. The molecule has 146 valence electrons. The molecule has 0 fully saturated rings. The van der Waals surface area contributed by atoms with Crippen LogP contribution in [0.2, 0.25) is 5.02 Å². The number of fused-ring (bicyclic) bond motifs is 2. The van der Waals surface area contributed by atoms with Gasteiger partial charge in [-0.1, -0.05) is 23.7 Å². The van der Waals surface area contributed by atoms with E-state index in [1.807, 2.05) is 53.9 Å². The van der Waals surface area contributed by atoms with Crippen LogP contribution in [0.1, 0.15) is 34.8 Å². The van der Waals surface area contributed by atoms with Crippen molar-refractivity contribution in [3.8, 4) is 11.3 Å². The fraction of sp³-hybridized carbons (Fsp3) is 0.227. The minimum absolute atomic E-state index is 0.142. The molecule has 5 rings (SSSR count). The van der Waals surface area contributed by atoms with Crippen LogP contribution >= 0.6 is 11.6 Å². The summed E-state index contributed by atoms with van der Waals surface area (Å²) in [6.45, 7) is 2.60. The lowest BCUT2D eigenvalue weighted by Gasteiger charge is -2.32. The van der Waals surface area contributed by atoms with Crippen LogP contribution < -0.4 is 0 Å². The number of nitrogens with zero attached hydrogens (tertiary/aromatic N) is 4. The van der Waals surface area contributed by atoms with Gasteiger partial charge in [0.05, 0.1) is 17.4 Å². The molecule has 0 bridgehead atoms. The van der Waals surface area contributed by atoms with Crippen LogP contribution in [0.5, 0.6) is 0 Å². The van der Waals surface area contributed by atoms with Crippen molar-refractivity contribution < 1.29 is 9.21 Å². The molecule has 6 nitrogen and oxygen atoms in total. The molecule has 0 saturated carbocycles. The van der Waals surface area contributed by atoms with Gasteiger partial charge in [-0.05, 0) is 37.6 Å². The Morgan fingerprint density at radius 2 is 2.10 bits per heavy atom. The molecular weight excluding hydrogens is 388 g/mol. The average Bonchev–Trinajstić information content (AvgIpc) is 3.29. The quantitative estimate of drug-likeness (QED) is 0.486. The van der Waals surface area contributed by atoms with Gasteiger partial charge in [-0.25, -0.2) is 0 Å². The lowest BCUT2D eigenvalue weighted by Crippen LogP contribution is -2.38. The number of hydrogen-bond donors (Lipinski definition) is 0. The number of aromatic nitrogens is 3. The van der Waals surface area contributed by atoms with Crippen molar-refractivity contribution in [2.75, 3.05) is 6.54 Å². The average molecular weight is 407 g/mol. The van der Waals surface area contributed by atoms with Crippen molar-refractivity contribution in [2.45, 2.75) is 19.4 Å². The maximum Gasteiger partial charge on any atom is 0.290 e. The SMILES string of the molecule is C[C@H]1c2nn(C)c(-c3cccc(Cl)c3)c2CCN1C(=O)c1cc2ncccc2o1. The van der Waals surface area contributed by atoms with Gasteiger partial charge in [-0.3, -0.25) is 14.5 Å². The monoisotopic (exact) mass is 406 g/mol. The van der Waals surface area contributed by atoms with Gasteiger partial charge in [0.15, 0.2) is 11.3 Å². The molecule has 7 heteroatoms. The fourth-order valence-corrected chi connectivity index (χ4v) is 4.33. The number of carbonyl (C=O) groups excluding carboxylic acids is 1. The third kappa shape index (κ3) is 2.91. The molecule has 3 aromatic heterocycles. The summed E-state index contributed by atoms with van der Waals surface area (Å²) >= 11 is 6.19. The summed E-state index contributed by atoms with van der Waals surface area (Å²) in [6.07, 6.45) is 2.41. The van der Waals surface area contributed by atoms with E-state index in [0.717, 1.165) is 28.9 Å². The number of amides is 1. The first kappa shape index (κ1) is 17.9. The molecule has 0 unspecified atom stereocenters.